The summed E-state index contributed by atoms with van der Waals surface area (Å²) in [4.78, 5) is 13.6. The molecular weight excluding hydrogens is 256 g/mol. The van der Waals surface area contributed by atoms with Crippen LogP contribution in [0.3, 0.4) is 0 Å². The summed E-state index contributed by atoms with van der Waals surface area (Å²) in [6.45, 7) is 5.49. The molecule has 1 saturated heterocycles. The fourth-order valence-corrected chi connectivity index (χ4v) is 3.05. The van der Waals surface area contributed by atoms with Crippen LogP contribution in [0.25, 0.3) is 0 Å². The van der Waals surface area contributed by atoms with Gasteiger partial charge in [0.2, 0.25) is 0 Å². The van der Waals surface area contributed by atoms with Crippen LogP contribution in [0.1, 0.15) is 5.69 Å². The van der Waals surface area contributed by atoms with Crippen molar-refractivity contribution in [2.45, 2.75) is 6.42 Å². The Morgan fingerprint density at radius 1 is 1.05 bits per heavy atom. The summed E-state index contributed by atoms with van der Waals surface area (Å²) in [6.07, 6.45) is 4.79. The monoisotopic (exact) mass is 274 g/mol. The highest BCUT2D eigenvalue weighted by atomic mass is 32.1. The number of aromatic nitrogens is 2. The molecule has 1 aliphatic heterocycles. The highest BCUT2D eigenvalue weighted by Crippen LogP contribution is 2.18. The van der Waals surface area contributed by atoms with Gasteiger partial charge < -0.3 is 4.90 Å². The third-order valence-electron chi connectivity index (χ3n) is 3.47. The number of thiazole rings is 1. The minimum Gasteiger partial charge on any atom is -0.346 e. The molecule has 3 heterocycles. The van der Waals surface area contributed by atoms with E-state index in [0.717, 1.165) is 44.3 Å². The first kappa shape index (κ1) is 12.6. The van der Waals surface area contributed by atoms with Crippen molar-refractivity contribution in [1.82, 2.24) is 14.9 Å². The van der Waals surface area contributed by atoms with Crippen molar-refractivity contribution < 1.29 is 0 Å². The second-order valence-electron chi connectivity index (χ2n) is 4.71. The molecule has 0 spiro atoms. The maximum Gasteiger partial charge on any atom is 0.185 e. The van der Waals surface area contributed by atoms with Crippen molar-refractivity contribution in [3.63, 3.8) is 0 Å². The molecule has 0 atom stereocenters. The summed E-state index contributed by atoms with van der Waals surface area (Å²) in [7, 11) is 0. The smallest absolute Gasteiger partial charge is 0.185 e. The second-order valence-corrected chi connectivity index (χ2v) is 5.59. The Morgan fingerprint density at radius 2 is 1.95 bits per heavy atom. The van der Waals surface area contributed by atoms with Gasteiger partial charge in [-0.1, -0.05) is 6.07 Å². The van der Waals surface area contributed by atoms with Gasteiger partial charge in [0.05, 0.1) is 0 Å². The van der Waals surface area contributed by atoms with E-state index in [1.807, 2.05) is 23.8 Å². The largest absolute Gasteiger partial charge is 0.346 e. The van der Waals surface area contributed by atoms with E-state index in [2.05, 4.69) is 31.9 Å². The number of hydrogen-bond donors (Lipinski definition) is 0. The van der Waals surface area contributed by atoms with Gasteiger partial charge in [0.1, 0.15) is 0 Å². The SMILES string of the molecule is c1ccc(CCN2CCN(c3nccs3)CC2)nc1. The van der Waals surface area contributed by atoms with E-state index in [0.29, 0.717) is 0 Å². The third-order valence-corrected chi connectivity index (χ3v) is 4.30. The Morgan fingerprint density at radius 3 is 2.63 bits per heavy atom. The maximum absolute atomic E-state index is 4.37. The Kier molecular flexibility index (Phi) is 4.05. The van der Waals surface area contributed by atoms with E-state index in [1.165, 1.54) is 5.69 Å². The normalized spacial score (nSPS) is 16.7. The van der Waals surface area contributed by atoms with Gasteiger partial charge in [-0.25, -0.2) is 4.98 Å². The maximum atomic E-state index is 4.37. The van der Waals surface area contributed by atoms with Crippen LogP contribution in [-0.4, -0.2) is 47.6 Å². The molecule has 19 heavy (non-hydrogen) atoms. The van der Waals surface area contributed by atoms with Gasteiger partial charge in [0, 0.05) is 62.6 Å². The number of nitrogens with zero attached hydrogens (tertiary/aromatic N) is 4. The minimum atomic E-state index is 1.04. The van der Waals surface area contributed by atoms with Gasteiger partial charge in [-0.05, 0) is 12.1 Å². The lowest BCUT2D eigenvalue weighted by atomic mass is 10.2. The molecule has 0 bridgehead atoms. The molecule has 2 aromatic rings. The molecule has 4 nitrogen and oxygen atoms in total. The molecular formula is C14H18N4S. The van der Waals surface area contributed by atoms with Gasteiger partial charge in [0.25, 0.3) is 0 Å². The lowest BCUT2D eigenvalue weighted by molar-refractivity contribution is 0.260. The Hall–Kier alpha value is -1.46. The van der Waals surface area contributed by atoms with Crippen LogP contribution in [0.15, 0.2) is 36.0 Å². The number of anilines is 1. The highest BCUT2D eigenvalue weighted by molar-refractivity contribution is 7.13. The van der Waals surface area contributed by atoms with Gasteiger partial charge in [0.15, 0.2) is 5.13 Å². The van der Waals surface area contributed by atoms with Crippen LogP contribution in [0, 0.1) is 0 Å². The summed E-state index contributed by atoms with van der Waals surface area (Å²) >= 11 is 1.73. The number of hydrogen-bond acceptors (Lipinski definition) is 5. The third kappa shape index (κ3) is 3.30. The summed E-state index contributed by atoms with van der Waals surface area (Å²) in [5.74, 6) is 0. The van der Waals surface area contributed by atoms with Crippen molar-refractivity contribution in [3.8, 4) is 0 Å². The standard InChI is InChI=1S/C14H18N4S/c1-2-5-15-13(3-1)4-7-17-8-10-18(11-9-17)14-16-6-12-19-14/h1-3,5-6,12H,4,7-11H2. The zero-order valence-corrected chi connectivity index (χ0v) is 11.7. The van der Waals surface area contributed by atoms with Crippen molar-refractivity contribution in [3.05, 3.63) is 41.7 Å². The van der Waals surface area contributed by atoms with Crippen LogP contribution in [0.5, 0.6) is 0 Å². The lowest BCUT2D eigenvalue weighted by Gasteiger charge is -2.34. The zero-order valence-electron chi connectivity index (χ0n) is 10.9. The zero-order chi connectivity index (χ0) is 12.9. The molecule has 0 aromatic carbocycles. The molecule has 5 heteroatoms. The first-order valence-corrected chi connectivity index (χ1v) is 7.56. The molecule has 1 aliphatic rings. The Labute approximate surface area is 117 Å². The molecule has 0 N–H and O–H groups in total. The van der Waals surface area contributed by atoms with Crippen LogP contribution in [0.2, 0.25) is 0 Å². The van der Waals surface area contributed by atoms with Crippen LogP contribution in [0.4, 0.5) is 5.13 Å². The Bertz CT molecular complexity index is 477. The molecule has 3 rings (SSSR count). The molecule has 100 valence electrons. The predicted molar refractivity (Wildman–Crippen MR) is 78.7 cm³/mol. The van der Waals surface area contributed by atoms with Crippen LogP contribution in [-0.2, 0) is 6.42 Å². The average Bonchev–Trinajstić information content (AvgIpc) is 3.01. The molecule has 0 saturated carbocycles. The minimum absolute atomic E-state index is 1.04. The topological polar surface area (TPSA) is 32.3 Å². The first-order valence-electron chi connectivity index (χ1n) is 6.68. The van der Waals surface area contributed by atoms with Crippen molar-refractivity contribution in [2.24, 2.45) is 0 Å². The quantitative estimate of drug-likeness (QED) is 0.852. The van der Waals surface area contributed by atoms with E-state index in [1.54, 1.807) is 11.3 Å². The summed E-state index contributed by atoms with van der Waals surface area (Å²) in [5.41, 5.74) is 1.19. The van der Waals surface area contributed by atoms with Gasteiger partial charge >= 0.3 is 0 Å². The first-order chi connectivity index (χ1) is 9.42. The van der Waals surface area contributed by atoms with Gasteiger partial charge in [-0.2, -0.15) is 0 Å². The summed E-state index contributed by atoms with van der Waals surface area (Å²) in [5, 5.41) is 3.20. The van der Waals surface area contributed by atoms with Crippen LogP contribution < -0.4 is 4.90 Å². The summed E-state index contributed by atoms with van der Waals surface area (Å²) in [6, 6.07) is 6.13. The molecule has 0 radical (unpaired) electrons. The van der Waals surface area contributed by atoms with Crippen molar-refractivity contribution >= 4 is 16.5 Å². The van der Waals surface area contributed by atoms with E-state index in [4.69, 9.17) is 0 Å². The van der Waals surface area contributed by atoms with E-state index in [9.17, 15) is 0 Å². The van der Waals surface area contributed by atoms with Crippen molar-refractivity contribution in [2.75, 3.05) is 37.6 Å². The number of rotatable bonds is 4. The molecule has 2 aromatic heterocycles. The Balaban J connectivity index is 1.46. The predicted octanol–water partition coefficient (Wildman–Crippen LogP) is 1.90. The van der Waals surface area contributed by atoms with E-state index >= 15 is 0 Å². The summed E-state index contributed by atoms with van der Waals surface area (Å²) < 4.78 is 0. The number of pyridine rings is 1. The number of piperazine rings is 1. The van der Waals surface area contributed by atoms with Crippen molar-refractivity contribution in [1.29, 1.82) is 0 Å². The molecule has 1 fully saturated rings. The molecule has 0 unspecified atom stereocenters. The van der Waals surface area contributed by atoms with E-state index < -0.39 is 0 Å². The second kappa shape index (κ2) is 6.12. The van der Waals surface area contributed by atoms with Gasteiger partial charge in [-0.3, -0.25) is 9.88 Å². The highest BCUT2D eigenvalue weighted by Gasteiger charge is 2.18. The lowest BCUT2D eigenvalue weighted by Crippen LogP contribution is -2.47. The fourth-order valence-electron chi connectivity index (χ4n) is 2.35. The molecule has 0 amide bonds. The average molecular weight is 274 g/mol. The molecule has 0 aliphatic carbocycles. The van der Waals surface area contributed by atoms with Gasteiger partial charge in [-0.15, -0.1) is 11.3 Å². The van der Waals surface area contributed by atoms with E-state index in [-0.39, 0.29) is 0 Å². The van der Waals surface area contributed by atoms with Crippen LogP contribution >= 0.6 is 11.3 Å². The fraction of sp³-hybridized carbons (Fsp3) is 0.429.